The van der Waals surface area contributed by atoms with Crippen LogP contribution in [0.3, 0.4) is 0 Å². The number of nitrogens with one attached hydrogen (secondary N) is 1. The summed E-state index contributed by atoms with van der Waals surface area (Å²) in [6.45, 7) is 6.72. The van der Waals surface area contributed by atoms with Crippen LogP contribution in [0.2, 0.25) is 0 Å². The molecule has 4 heteroatoms. The van der Waals surface area contributed by atoms with E-state index in [9.17, 15) is 4.79 Å². The van der Waals surface area contributed by atoms with Gasteiger partial charge in [0, 0.05) is 6.61 Å². The highest BCUT2D eigenvalue weighted by Crippen LogP contribution is 2.18. The van der Waals surface area contributed by atoms with Crippen molar-refractivity contribution in [1.29, 1.82) is 0 Å². The molecule has 100 valence electrons. The van der Waals surface area contributed by atoms with Crippen LogP contribution in [0.15, 0.2) is 0 Å². The zero-order valence-electron chi connectivity index (χ0n) is 11.3. The molecule has 1 aliphatic rings. The predicted molar refractivity (Wildman–Crippen MR) is 68.7 cm³/mol. The van der Waals surface area contributed by atoms with E-state index in [-0.39, 0.29) is 18.1 Å². The minimum atomic E-state index is -0.763. The van der Waals surface area contributed by atoms with Crippen LogP contribution in [-0.2, 0) is 9.53 Å². The van der Waals surface area contributed by atoms with Gasteiger partial charge in [0.15, 0.2) is 0 Å². The first kappa shape index (κ1) is 14.5. The van der Waals surface area contributed by atoms with Crippen LogP contribution in [0.25, 0.3) is 0 Å². The van der Waals surface area contributed by atoms with E-state index in [4.69, 9.17) is 10.5 Å². The Morgan fingerprint density at radius 2 is 2.29 bits per heavy atom. The molecule has 4 nitrogen and oxygen atoms in total. The Balaban J connectivity index is 2.52. The van der Waals surface area contributed by atoms with Crippen molar-refractivity contribution in [3.63, 3.8) is 0 Å². The molecule has 0 radical (unpaired) electrons. The minimum absolute atomic E-state index is 0.0540. The second-order valence-electron chi connectivity index (χ2n) is 5.21. The molecule has 0 saturated carbocycles. The number of rotatable bonds is 6. The molecule has 1 amide bonds. The van der Waals surface area contributed by atoms with Gasteiger partial charge in [-0.2, -0.15) is 0 Å². The summed E-state index contributed by atoms with van der Waals surface area (Å²) < 4.78 is 5.62. The summed E-state index contributed by atoms with van der Waals surface area (Å²) in [6.07, 6.45) is 4.80. The Hall–Kier alpha value is -0.610. The lowest BCUT2D eigenvalue weighted by Crippen LogP contribution is -2.56. The third-order valence-corrected chi connectivity index (χ3v) is 3.46. The summed E-state index contributed by atoms with van der Waals surface area (Å²) in [6, 6.07) is 0.102. The van der Waals surface area contributed by atoms with E-state index in [0.717, 1.165) is 32.3 Å². The normalized spacial score (nSPS) is 25.3. The van der Waals surface area contributed by atoms with E-state index in [1.807, 2.05) is 6.92 Å². The molecule has 0 bridgehead atoms. The average Bonchev–Trinajstić information content (AvgIpc) is 2.78. The Kier molecular flexibility index (Phi) is 5.40. The van der Waals surface area contributed by atoms with Crippen LogP contribution >= 0.6 is 0 Å². The predicted octanol–water partition coefficient (Wildman–Crippen LogP) is 1.58. The molecule has 1 aliphatic heterocycles. The highest BCUT2D eigenvalue weighted by atomic mass is 16.5. The molecular weight excluding hydrogens is 216 g/mol. The largest absolute Gasteiger partial charge is 0.376 e. The lowest BCUT2D eigenvalue weighted by Gasteiger charge is -2.29. The molecule has 0 aromatic carbocycles. The lowest BCUT2D eigenvalue weighted by atomic mass is 9.95. The second-order valence-corrected chi connectivity index (χ2v) is 5.21. The summed E-state index contributed by atoms with van der Waals surface area (Å²) in [5.41, 5.74) is 5.26. The van der Waals surface area contributed by atoms with Crippen molar-refractivity contribution in [2.24, 2.45) is 5.73 Å². The van der Waals surface area contributed by atoms with Gasteiger partial charge in [0.2, 0.25) is 5.91 Å². The Morgan fingerprint density at radius 3 is 2.76 bits per heavy atom. The van der Waals surface area contributed by atoms with Crippen molar-refractivity contribution < 1.29 is 9.53 Å². The zero-order chi connectivity index (χ0) is 12.9. The fraction of sp³-hybridized carbons (Fsp3) is 0.923. The molecule has 17 heavy (non-hydrogen) atoms. The summed E-state index contributed by atoms with van der Waals surface area (Å²) in [5.74, 6) is -0.0540. The van der Waals surface area contributed by atoms with Gasteiger partial charge in [0.05, 0.1) is 17.7 Å². The molecule has 0 spiro atoms. The van der Waals surface area contributed by atoms with Crippen LogP contribution in [0, 0.1) is 0 Å². The van der Waals surface area contributed by atoms with Gasteiger partial charge in [0.25, 0.3) is 0 Å². The van der Waals surface area contributed by atoms with Gasteiger partial charge in [-0.3, -0.25) is 4.79 Å². The first-order valence-corrected chi connectivity index (χ1v) is 6.72. The van der Waals surface area contributed by atoms with E-state index >= 15 is 0 Å². The van der Waals surface area contributed by atoms with Crippen LogP contribution < -0.4 is 11.1 Å². The fourth-order valence-corrected chi connectivity index (χ4v) is 2.34. The van der Waals surface area contributed by atoms with E-state index in [1.54, 1.807) is 6.92 Å². The molecule has 0 aromatic rings. The van der Waals surface area contributed by atoms with Crippen molar-refractivity contribution in [1.82, 2.24) is 5.32 Å². The van der Waals surface area contributed by atoms with Gasteiger partial charge in [-0.25, -0.2) is 0 Å². The van der Waals surface area contributed by atoms with E-state index in [2.05, 4.69) is 12.2 Å². The topological polar surface area (TPSA) is 64.4 Å². The molecule has 1 rings (SSSR count). The molecular formula is C13H26N2O2. The summed E-state index contributed by atoms with van der Waals surface area (Å²) >= 11 is 0. The molecule has 3 unspecified atom stereocenters. The van der Waals surface area contributed by atoms with Crippen LogP contribution in [0.5, 0.6) is 0 Å². The quantitative estimate of drug-likeness (QED) is 0.743. The minimum Gasteiger partial charge on any atom is -0.376 e. The third-order valence-electron chi connectivity index (χ3n) is 3.46. The summed E-state index contributed by atoms with van der Waals surface area (Å²) in [5, 5.41) is 3.04. The summed E-state index contributed by atoms with van der Waals surface area (Å²) in [7, 11) is 0. The fourth-order valence-electron chi connectivity index (χ4n) is 2.34. The molecule has 0 aliphatic carbocycles. The number of hydrogen-bond acceptors (Lipinski definition) is 3. The molecule has 1 saturated heterocycles. The maximum Gasteiger partial charge on any atom is 0.240 e. The number of amides is 1. The van der Waals surface area contributed by atoms with Crippen molar-refractivity contribution in [3.8, 4) is 0 Å². The maximum atomic E-state index is 12.1. The first-order chi connectivity index (χ1) is 8.01. The zero-order valence-corrected chi connectivity index (χ0v) is 11.3. The lowest BCUT2D eigenvalue weighted by molar-refractivity contribution is -0.127. The van der Waals surface area contributed by atoms with Gasteiger partial charge in [-0.15, -0.1) is 0 Å². The number of carbonyl (C=O) groups is 1. The van der Waals surface area contributed by atoms with Crippen LogP contribution in [-0.4, -0.2) is 30.2 Å². The Morgan fingerprint density at radius 1 is 1.59 bits per heavy atom. The Labute approximate surface area is 104 Å². The van der Waals surface area contributed by atoms with E-state index in [0.29, 0.717) is 6.42 Å². The van der Waals surface area contributed by atoms with Crippen molar-refractivity contribution >= 4 is 5.91 Å². The molecule has 3 atom stereocenters. The SMILES string of the molecule is CCCC(C)(N)C(=O)NC(CC)C1CCCO1. The van der Waals surface area contributed by atoms with Crippen molar-refractivity contribution in [2.75, 3.05) is 6.61 Å². The highest BCUT2D eigenvalue weighted by Gasteiger charge is 2.32. The second kappa shape index (κ2) is 6.36. The van der Waals surface area contributed by atoms with E-state index in [1.165, 1.54) is 0 Å². The molecule has 0 aromatic heterocycles. The number of hydrogen-bond donors (Lipinski definition) is 2. The summed E-state index contributed by atoms with van der Waals surface area (Å²) in [4.78, 5) is 12.1. The highest BCUT2D eigenvalue weighted by molar-refractivity contribution is 5.85. The number of carbonyl (C=O) groups excluding carboxylic acids is 1. The van der Waals surface area contributed by atoms with Crippen LogP contribution in [0.1, 0.15) is 52.9 Å². The van der Waals surface area contributed by atoms with Crippen molar-refractivity contribution in [3.05, 3.63) is 0 Å². The van der Waals surface area contributed by atoms with Crippen LogP contribution in [0.4, 0.5) is 0 Å². The first-order valence-electron chi connectivity index (χ1n) is 6.72. The molecule has 1 heterocycles. The van der Waals surface area contributed by atoms with Gasteiger partial charge in [-0.05, 0) is 32.6 Å². The Bertz CT molecular complexity index is 248. The molecule has 1 fully saturated rings. The average molecular weight is 242 g/mol. The number of ether oxygens (including phenoxy) is 1. The smallest absolute Gasteiger partial charge is 0.240 e. The standard InChI is InChI=1S/C13H26N2O2/c1-4-8-13(3,14)12(16)15-10(5-2)11-7-6-9-17-11/h10-11H,4-9,14H2,1-3H3,(H,15,16). The molecule has 3 N–H and O–H groups in total. The monoisotopic (exact) mass is 242 g/mol. The van der Waals surface area contributed by atoms with Gasteiger partial charge < -0.3 is 15.8 Å². The van der Waals surface area contributed by atoms with Gasteiger partial charge >= 0.3 is 0 Å². The van der Waals surface area contributed by atoms with Gasteiger partial charge in [0.1, 0.15) is 0 Å². The van der Waals surface area contributed by atoms with E-state index < -0.39 is 5.54 Å². The number of nitrogens with two attached hydrogens (primary N) is 1. The maximum absolute atomic E-state index is 12.1. The van der Waals surface area contributed by atoms with Crippen molar-refractivity contribution in [2.45, 2.75) is 70.6 Å². The van der Waals surface area contributed by atoms with Gasteiger partial charge in [-0.1, -0.05) is 20.3 Å². The third kappa shape index (κ3) is 3.96.